The van der Waals surface area contributed by atoms with E-state index in [9.17, 15) is 5.11 Å². The summed E-state index contributed by atoms with van der Waals surface area (Å²) < 4.78 is 3.40. The molecule has 0 unspecified atom stereocenters. The van der Waals surface area contributed by atoms with Crippen molar-refractivity contribution in [1.82, 2.24) is 14.5 Å². The fourth-order valence-electron chi connectivity index (χ4n) is 4.72. The molecule has 3 aromatic rings. The Balaban J connectivity index is 1.92. The molecule has 30 heavy (non-hydrogen) atoms. The van der Waals surface area contributed by atoms with Crippen LogP contribution in [-0.2, 0) is 0 Å². The molecular weight excluding hydrogens is 440 g/mol. The van der Waals surface area contributed by atoms with E-state index in [-0.39, 0.29) is 12.0 Å². The summed E-state index contributed by atoms with van der Waals surface area (Å²) in [4.78, 5) is 12.2. The van der Waals surface area contributed by atoms with Gasteiger partial charge in [0.05, 0.1) is 11.1 Å². The van der Waals surface area contributed by atoms with Crippen molar-refractivity contribution in [3.8, 4) is 5.69 Å². The number of aliphatic hydroxyl groups excluding tert-OH is 1. The molecule has 1 fully saturated rings. The monoisotopic (exact) mass is 470 g/mol. The predicted molar refractivity (Wildman–Crippen MR) is 127 cm³/mol. The highest BCUT2D eigenvalue weighted by atomic mass is 79.9. The first-order valence-corrected chi connectivity index (χ1v) is 11.4. The highest BCUT2D eigenvalue weighted by Crippen LogP contribution is 2.38. The van der Waals surface area contributed by atoms with Crippen LogP contribution in [0.2, 0.25) is 0 Å². The fraction of sp³-hybridized carbons (Fsp3) is 0.500. The van der Waals surface area contributed by atoms with Crippen LogP contribution in [0.5, 0.6) is 0 Å². The van der Waals surface area contributed by atoms with Gasteiger partial charge < -0.3 is 10.0 Å². The molecule has 0 saturated carbocycles. The fourth-order valence-corrected chi connectivity index (χ4v) is 5.41. The van der Waals surface area contributed by atoms with Gasteiger partial charge >= 0.3 is 0 Å². The van der Waals surface area contributed by atoms with E-state index in [2.05, 4.69) is 72.1 Å². The molecule has 0 radical (unpaired) electrons. The van der Waals surface area contributed by atoms with Crippen LogP contribution in [0.1, 0.15) is 48.0 Å². The van der Waals surface area contributed by atoms with Crippen molar-refractivity contribution in [2.24, 2.45) is 5.41 Å². The number of aryl methyl sites for hydroxylation is 4. The lowest BCUT2D eigenvalue weighted by Gasteiger charge is -2.39. The van der Waals surface area contributed by atoms with Crippen LogP contribution in [0.25, 0.3) is 16.7 Å². The molecule has 6 heteroatoms. The average molecular weight is 471 g/mol. The van der Waals surface area contributed by atoms with Gasteiger partial charge in [-0.05, 0) is 81.7 Å². The molecule has 0 bridgehead atoms. The second-order valence-corrected chi connectivity index (χ2v) is 10.1. The summed E-state index contributed by atoms with van der Waals surface area (Å²) in [6, 6.07) is 4.33. The van der Waals surface area contributed by atoms with Gasteiger partial charge in [0.1, 0.15) is 11.6 Å². The van der Waals surface area contributed by atoms with Gasteiger partial charge in [0.25, 0.3) is 0 Å². The minimum absolute atomic E-state index is 0.0141. The summed E-state index contributed by atoms with van der Waals surface area (Å²) in [5.74, 6) is 1.82. The van der Waals surface area contributed by atoms with E-state index >= 15 is 0 Å². The Bertz CT molecular complexity index is 1100. The molecule has 0 aliphatic carbocycles. The van der Waals surface area contributed by atoms with Crippen molar-refractivity contribution in [3.63, 3.8) is 0 Å². The summed E-state index contributed by atoms with van der Waals surface area (Å²) in [7, 11) is 0. The minimum Gasteiger partial charge on any atom is -0.396 e. The van der Waals surface area contributed by atoms with Crippen LogP contribution in [0.15, 0.2) is 16.6 Å². The third-order valence-electron chi connectivity index (χ3n) is 6.78. The third kappa shape index (κ3) is 3.44. The first-order chi connectivity index (χ1) is 14.1. The molecule has 0 atom stereocenters. The van der Waals surface area contributed by atoms with Crippen molar-refractivity contribution >= 4 is 32.8 Å². The number of hydrogen-bond donors (Lipinski definition) is 1. The first kappa shape index (κ1) is 21.3. The van der Waals surface area contributed by atoms with E-state index in [0.717, 1.165) is 53.1 Å². The van der Waals surface area contributed by atoms with Crippen LogP contribution in [0.3, 0.4) is 0 Å². The molecule has 5 nitrogen and oxygen atoms in total. The number of anilines is 1. The van der Waals surface area contributed by atoms with Gasteiger partial charge in [-0.2, -0.15) is 0 Å². The molecule has 1 N–H and O–H groups in total. The Morgan fingerprint density at radius 3 is 2.20 bits per heavy atom. The molecule has 1 aromatic carbocycles. The molecular formula is C24H31BrN4O. The smallest absolute Gasteiger partial charge is 0.150 e. The van der Waals surface area contributed by atoms with Crippen molar-refractivity contribution in [1.29, 1.82) is 0 Å². The maximum Gasteiger partial charge on any atom is 0.150 e. The standard InChI is InChI=1S/C24H31BrN4O/c1-14-11-19(25)12-15(2)21(14)29-17(4)16(3)20-22(26-18(5)27-23(20)29)28-9-7-24(6,13-30)8-10-28/h11-12,30H,7-10,13H2,1-6H3. The largest absolute Gasteiger partial charge is 0.396 e. The Kier molecular flexibility index (Phi) is 5.43. The topological polar surface area (TPSA) is 54.2 Å². The van der Waals surface area contributed by atoms with E-state index in [1.54, 1.807) is 0 Å². The summed E-state index contributed by atoms with van der Waals surface area (Å²) in [5, 5.41) is 10.9. The van der Waals surface area contributed by atoms with Crippen LogP contribution >= 0.6 is 15.9 Å². The normalized spacial score (nSPS) is 16.5. The zero-order valence-electron chi connectivity index (χ0n) is 18.8. The maximum atomic E-state index is 9.75. The number of hydrogen-bond acceptors (Lipinski definition) is 4. The lowest BCUT2D eigenvalue weighted by Crippen LogP contribution is -2.41. The second kappa shape index (κ2) is 7.65. The minimum atomic E-state index is 0.0141. The number of rotatable bonds is 3. The lowest BCUT2D eigenvalue weighted by molar-refractivity contribution is 0.114. The average Bonchev–Trinajstić information content (AvgIpc) is 2.92. The number of nitrogens with zero attached hydrogens (tertiary/aromatic N) is 4. The highest BCUT2D eigenvalue weighted by molar-refractivity contribution is 9.10. The molecule has 2 aromatic heterocycles. The molecule has 0 amide bonds. The summed E-state index contributed by atoms with van der Waals surface area (Å²) in [6.45, 7) is 14.9. The second-order valence-electron chi connectivity index (χ2n) is 9.18. The van der Waals surface area contributed by atoms with Crippen LogP contribution in [0, 0.1) is 40.0 Å². The number of aliphatic hydroxyl groups is 1. The van der Waals surface area contributed by atoms with E-state index in [1.807, 2.05) is 6.92 Å². The number of halogens is 1. The molecule has 1 saturated heterocycles. The molecule has 1 aliphatic heterocycles. The van der Waals surface area contributed by atoms with Gasteiger partial charge in [-0.25, -0.2) is 9.97 Å². The van der Waals surface area contributed by atoms with Crippen molar-refractivity contribution in [3.05, 3.63) is 44.8 Å². The zero-order chi connectivity index (χ0) is 21.8. The quantitative estimate of drug-likeness (QED) is 0.562. The van der Waals surface area contributed by atoms with Gasteiger partial charge in [-0.3, -0.25) is 4.57 Å². The number of aromatic nitrogens is 3. The summed E-state index contributed by atoms with van der Waals surface area (Å²) in [5.41, 5.74) is 7.07. The molecule has 3 heterocycles. The number of fused-ring (bicyclic) bond motifs is 1. The van der Waals surface area contributed by atoms with Gasteiger partial charge in [0, 0.05) is 29.9 Å². The zero-order valence-corrected chi connectivity index (χ0v) is 20.4. The molecule has 4 rings (SSSR count). The first-order valence-electron chi connectivity index (χ1n) is 10.6. The Hall–Kier alpha value is -1.92. The summed E-state index contributed by atoms with van der Waals surface area (Å²) in [6.07, 6.45) is 1.94. The van der Waals surface area contributed by atoms with Gasteiger partial charge in [-0.15, -0.1) is 0 Å². The van der Waals surface area contributed by atoms with Crippen LogP contribution in [0.4, 0.5) is 5.82 Å². The SMILES string of the molecule is Cc1nc(N2CCC(C)(CO)CC2)c2c(C)c(C)n(-c3c(C)cc(Br)cc3C)c2n1. The van der Waals surface area contributed by atoms with E-state index in [1.165, 1.54) is 28.1 Å². The molecule has 1 aliphatic rings. The Labute approximate surface area is 187 Å². The third-order valence-corrected chi connectivity index (χ3v) is 7.24. The summed E-state index contributed by atoms with van der Waals surface area (Å²) >= 11 is 3.62. The van der Waals surface area contributed by atoms with Crippen molar-refractivity contribution in [2.75, 3.05) is 24.6 Å². The molecule has 0 spiro atoms. The van der Waals surface area contributed by atoms with Crippen molar-refractivity contribution in [2.45, 2.75) is 54.4 Å². The van der Waals surface area contributed by atoms with E-state index in [4.69, 9.17) is 9.97 Å². The molecule has 160 valence electrons. The predicted octanol–water partition coefficient (Wildman–Crippen LogP) is 5.32. The van der Waals surface area contributed by atoms with Crippen LogP contribution < -0.4 is 4.90 Å². The van der Waals surface area contributed by atoms with Gasteiger partial charge in [0.2, 0.25) is 0 Å². The van der Waals surface area contributed by atoms with E-state index < -0.39 is 0 Å². The highest BCUT2D eigenvalue weighted by Gasteiger charge is 2.32. The Morgan fingerprint density at radius 2 is 1.63 bits per heavy atom. The lowest BCUT2D eigenvalue weighted by atomic mass is 9.81. The van der Waals surface area contributed by atoms with Crippen LogP contribution in [-0.4, -0.2) is 39.3 Å². The van der Waals surface area contributed by atoms with E-state index in [0.29, 0.717) is 0 Å². The Morgan fingerprint density at radius 1 is 1.03 bits per heavy atom. The number of piperidine rings is 1. The maximum absolute atomic E-state index is 9.75. The number of benzene rings is 1. The van der Waals surface area contributed by atoms with Gasteiger partial charge in [0.15, 0.2) is 5.65 Å². The van der Waals surface area contributed by atoms with Gasteiger partial charge in [-0.1, -0.05) is 22.9 Å². The van der Waals surface area contributed by atoms with Crippen molar-refractivity contribution < 1.29 is 5.11 Å².